The molecule has 0 atom stereocenters. The Morgan fingerprint density at radius 3 is 2.35 bits per heavy atom. The molecule has 0 aliphatic heterocycles. The fourth-order valence-corrected chi connectivity index (χ4v) is 1.84. The van der Waals surface area contributed by atoms with Crippen LogP contribution >= 0.6 is 11.6 Å². The molecule has 1 aromatic rings. The standard InChI is InChI=1S/C16H22ClNO2/c1-11-9-13(10-12(2)14(11)17)7-6-8-18-15(19)20-16(3,4)5/h6-7,9-10H,8H2,1-5H3,(H,18,19). The number of hydrogen-bond acceptors (Lipinski definition) is 2. The quantitative estimate of drug-likeness (QED) is 0.892. The van der Waals surface area contributed by atoms with Crippen molar-refractivity contribution in [3.8, 4) is 0 Å². The number of rotatable bonds is 3. The lowest BCUT2D eigenvalue weighted by molar-refractivity contribution is 0.0534. The predicted molar refractivity (Wildman–Crippen MR) is 84.2 cm³/mol. The molecule has 0 aliphatic carbocycles. The molecule has 20 heavy (non-hydrogen) atoms. The van der Waals surface area contributed by atoms with Crippen molar-refractivity contribution >= 4 is 23.8 Å². The van der Waals surface area contributed by atoms with Crippen LogP contribution in [0.15, 0.2) is 18.2 Å². The third kappa shape index (κ3) is 5.66. The van der Waals surface area contributed by atoms with Crippen molar-refractivity contribution in [3.63, 3.8) is 0 Å². The first-order valence-corrected chi connectivity index (χ1v) is 6.97. The highest BCUT2D eigenvalue weighted by atomic mass is 35.5. The molecular formula is C16H22ClNO2. The molecule has 110 valence electrons. The lowest BCUT2D eigenvalue weighted by Crippen LogP contribution is -2.32. The molecule has 0 unspecified atom stereocenters. The molecule has 0 spiro atoms. The Morgan fingerprint density at radius 1 is 1.30 bits per heavy atom. The number of hydrogen-bond donors (Lipinski definition) is 1. The van der Waals surface area contributed by atoms with E-state index in [4.69, 9.17) is 16.3 Å². The van der Waals surface area contributed by atoms with E-state index in [2.05, 4.69) is 5.32 Å². The first-order valence-electron chi connectivity index (χ1n) is 6.59. The van der Waals surface area contributed by atoms with Gasteiger partial charge in [0.2, 0.25) is 0 Å². The van der Waals surface area contributed by atoms with Gasteiger partial charge in [-0.05, 0) is 51.3 Å². The van der Waals surface area contributed by atoms with Gasteiger partial charge >= 0.3 is 6.09 Å². The highest BCUT2D eigenvalue weighted by Gasteiger charge is 2.14. The van der Waals surface area contributed by atoms with Gasteiger partial charge in [0, 0.05) is 11.6 Å². The summed E-state index contributed by atoms with van der Waals surface area (Å²) in [5.74, 6) is 0. The van der Waals surface area contributed by atoms with E-state index in [-0.39, 0.29) is 0 Å². The Morgan fingerprint density at radius 2 is 1.85 bits per heavy atom. The summed E-state index contributed by atoms with van der Waals surface area (Å²) in [6.45, 7) is 9.89. The van der Waals surface area contributed by atoms with Gasteiger partial charge in [-0.1, -0.05) is 35.9 Å². The van der Waals surface area contributed by atoms with E-state index in [0.717, 1.165) is 21.7 Å². The van der Waals surface area contributed by atoms with Gasteiger partial charge in [-0.2, -0.15) is 0 Å². The van der Waals surface area contributed by atoms with Gasteiger partial charge in [0.25, 0.3) is 0 Å². The maximum atomic E-state index is 11.4. The molecule has 0 fully saturated rings. The number of halogens is 1. The molecule has 1 amide bonds. The van der Waals surface area contributed by atoms with Crippen LogP contribution in [0.3, 0.4) is 0 Å². The second kappa shape index (κ2) is 6.80. The Balaban J connectivity index is 2.52. The second-order valence-corrected chi connectivity index (χ2v) is 6.13. The molecule has 1 aromatic carbocycles. The van der Waals surface area contributed by atoms with Gasteiger partial charge in [-0.25, -0.2) is 4.79 Å². The normalized spacial score (nSPS) is 11.7. The fraction of sp³-hybridized carbons (Fsp3) is 0.438. The number of alkyl carbamates (subject to hydrolysis) is 1. The molecule has 0 saturated heterocycles. The zero-order valence-corrected chi connectivity index (χ0v) is 13.5. The van der Waals surface area contributed by atoms with Gasteiger partial charge in [0.1, 0.15) is 5.60 Å². The average molecular weight is 296 g/mol. The summed E-state index contributed by atoms with van der Waals surface area (Å²) in [5, 5.41) is 3.48. The van der Waals surface area contributed by atoms with Crippen LogP contribution in [0, 0.1) is 13.8 Å². The SMILES string of the molecule is Cc1cc(C=CCNC(=O)OC(C)(C)C)cc(C)c1Cl. The molecule has 0 aromatic heterocycles. The summed E-state index contributed by atoms with van der Waals surface area (Å²) in [6.07, 6.45) is 3.42. The Kier molecular flexibility index (Phi) is 5.63. The molecule has 0 saturated carbocycles. The minimum absolute atomic E-state index is 0.411. The molecule has 0 heterocycles. The van der Waals surface area contributed by atoms with Crippen molar-refractivity contribution in [1.29, 1.82) is 0 Å². The van der Waals surface area contributed by atoms with Crippen LogP contribution in [0.1, 0.15) is 37.5 Å². The summed E-state index contributed by atoms with van der Waals surface area (Å²) >= 11 is 6.12. The summed E-state index contributed by atoms with van der Waals surface area (Å²) in [5.41, 5.74) is 2.69. The third-order valence-corrected chi connectivity index (χ3v) is 3.13. The molecule has 0 aliphatic rings. The first-order chi connectivity index (χ1) is 9.19. The summed E-state index contributed by atoms with van der Waals surface area (Å²) in [7, 11) is 0. The Bertz CT molecular complexity index is 493. The van der Waals surface area contributed by atoms with E-state index >= 15 is 0 Å². The summed E-state index contributed by atoms with van der Waals surface area (Å²) < 4.78 is 5.14. The van der Waals surface area contributed by atoms with Crippen molar-refractivity contribution in [2.75, 3.05) is 6.54 Å². The second-order valence-electron chi connectivity index (χ2n) is 5.75. The van der Waals surface area contributed by atoms with E-state index in [0.29, 0.717) is 6.54 Å². The fourth-order valence-electron chi connectivity index (χ4n) is 1.73. The van der Waals surface area contributed by atoms with Crippen LogP contribution in [0.25, 0.3) is 6.08 Å². The van der Waals surface area contributed by atoms with Gasteiger partial charge in [0.15, 0.2) is 0 Å². The van der Waals surface area contributed by atoms with Gasteiger partial charge in [-0.3, -0.25) is 0 Å². The van der Waals surface area contributed by atoms with Crippen molar-refractivity contribution in [3.05, 3.63) is 39.9 Å². The monoisotopic (exact) mass is 295 g/mol. The van der Waals surface area contributed by atoms with E-state index in [1.807, 2.05) is 58.9 Å². The van der Waals surface area contributed by atoms with Crippen molar-refractivity contribution in [1.82, 2.24) is 5.32 Å². The van der Waals surface area contributed by atoms with Crippen molar-refractivity contribution in [2.45, 2.75) is 40.2 Å². The van der Waals surface area contributed by atoms with Crippen LogP contribution in [-0.2, 0) is 4.74 Å². The van der Waals surface area contributed by atoms with Gasteiger partial charge in [-0.15, -0.1) is 0 Å². The summed E-state index contributed by atoms with van der Waals surface area (Å²) in [6, 6.07) is 4.03. The Labute approximate surface area is 126 Å². The average Bonchev–Trinajstić information content (AvgIpc) is 2.29. The van der Waals surface area contributed by atoms with Crippen LogP contribution in [0.2, 0.25) is 5.02 Å². The highest BCUT2D eigenvalue weighted by molar-refractivity contribution is 6.32. The van der Waals surface area contributed by atoms with Crippen LogP contribution in [0.5, 0.6) is 0 Å². The number of carbonyl (C=O) groups is 1. The largest absolute Gasteiger partial charge is 0.444 e. The molecule has 0 bridgehead atoms. The minimum atomic E-state index is -0.474. The van der Waals surface area contributed by atoms with E-state index in [1.54, 1.807) is 0 Å². The van der Waals surface area contributed by atoms with E-state index in [1.165, 1.54) is 0 Å². The highest BCUT2D eigenvalue weighted by Crippen LogP contribution is 2.22. The molecular weight excluding hydrogens is 274 g/mol. The van der Waals surface area contributed by atoms with Crippen LogP contribution in [-0.4, -0.2) is 18.2 Å². The zero-order valence-electron chi connectivity index (χ0n) is 12.7. The van der Waals surface area contributed by atoms with Gasteiger partial charge < -0.3 is 10.1 Å². The van der Waals surface area contributed by atoms with Crippen LogP contribution < -0.4 is 5.32 Å². The lowest BCUT2D eigenvalue weighted by Gasteiger charge is -2.19. The first kappa shape index (κ1) is 16.6. The number of benzene rings is 1. The molecule has 0 radical (unpaired) electrons. The maximum Gasteiger partial charge on any atom is 0.407 e. The predicted octanol–water partition coefficient (Wildman–Crippen LogP) is 4.49. The van der Waals surface area contributed by atoms with E-state index < -0.39 is 11.7 Å². The minimum Gasteiger partial charge on any atom is -0.444 e. The molecule has 3 nitrogen and oxygen atoms in total. The molecule has 1 rings (SSSR count). The number of amides is 1. The number of ether oxygens (including phenoxy) is 1. The van der Waals surface area contributed by atoms with E-state index in [9.17, 15) is 4.79 Å². The number of carbonyl (C=O) groups excluding carboxylic acids is 1. The van der Waals surface area contributed by atoms with Crippen molar-refractivity contribution in [2.24, 2.45) is 0 Å². The topological polar surface area (TPSA) is 38.3 Å². The van der Waals surface area contributed by atoms with Gasteiger partial charge in [0.05, 0.1) is 0 Å². The maximum absolute atomic E-state index is 11.4. The third-order valence-electron chi connectivity index (χ3n) is 2.53. The van der Waals surface area contributed by atoms with Crippen molar-refractivity contribution < 1.29 is 9.53 Å². The summed E-state index contributed by atoms with van der Waals surface area (Å²) in [4.78, 5) is 11.4. The number of aryl methyl sites for hydroxylation is 2. The molecule has 4 heteroatoms. The zero-order chi connectivity index (χ0) is 15.3. The lowest BCUT2D eigenvalue weighted by atomic mass is 10.1. The Hall–Kier alpha value is -1.48. The number of nitrogens with one attached hydrogen (secondary N) is 1. The molecule has 1 N–H and O–H groups in total. The van der Waals surface area contributed by atoms with Crippen LogP contribution in [0.4, 0.5) is 4.79 Å². The smallest absolute Gasteiger partial charge is 0.407 e.